The molecule has 126 valence electrons. The van der Waals surface area contributed by atoms with Gasteiger partial charge in [-0.1, -0.05) is 18.2 Å². The Balaban J connectivity index is 1.50. The molecule has 7 nitrogen and oxygen atoms in total. The molecule has 2 aromatic rings. The summed E-state index contributed by atoms with van der Waals surface area (Å²) >= 11 is 0. The van der Waals surface area contributed by atoms with E-state index >= 15 is 0 Å². The first-order chi connectivity index (χ1) is 11.6. The standard InChI is InChI=1S/C17H21N5O2/c18-17-21-14(11-8-13(23)9-11)10-15(22-17)19-7-6-16(24)20-12-4-2-1-3-5-12/h1-5,10-11,13,23H,6-9H2,(H,20,24)(H3,18,19,21,22). The highest BCUT2D eigenvalue weighted by Gasteiger charge is 2.30. The van der Waals surface area contributed by atoms with Crippen molar-refractivity contribution in [2.45, 2.75) is 31.3 Å². The van der Waals surface area contributed by atoms with Crippen molar-refractivity contribution in [3.63, 3.8) is 0 Å². The number of aliphatic hydroxyl groups is 1. The molecule has 24 heavy (non-hydrogen) atoms. The Morgan fingerprint density at radius 2 is 2.00 bits per heavy atom. The van der Waals surface area contributed by atoms with Gasteiger partial charge in [0, 0.05) is 30.6 Å². The number of rotatable bonds is 6. The number of aromatic nitrogens is 2. The minimum Gasteiger partial charge on any atom is -0.393 e. The molecule has 0 saturated heterocycles. The van der Waals surface area contributed by atoms with Crippen molar-refractivity contribution in [2.24, 2.45) is 0 Å². The van der Waals surface area contributed by atoms with Crippen LogP contribution in [0, 0.1) is 0 Å². The van der Waals surface area contributed by atoms with E-state index in [1.807, 2.05) is 36.4 Å². The van der Waals surface area contributed by atoms with Crippen molar-refractivity contribution in [2.75, 3.05) is 22.9 Å². The summed E-state index contributed by atoms with van der Waals surface area (Å²) in [6.45, 7) is 0.446. The summed E-state index contributed by atoms with van der Waals surface area (Å²) in [5, 5.41) is 15.3. The number of hydrogen-bond donors (Lipinski definition) is 4. The van der Waals surface area contributed by atoms with Crippen LogP contribution in [0.3, 0.4) is 0 Å². The van der Waals surface area contributed by atoms with Crippen molar-refractivity contribution in [1.29, 1.82) is 0 Å². The Hall–Kier alpha value is -2.67. The summed E-state index contributed by atoms with van der Waals surface area (Å²) < 4.78 is 0. The second-order valence-corrected chi connectivity index (χ2v) is 5.95. The normalized spacial score (nSPS) is 19.4. The second-order valence-electron chi connectivity index (χ2n) is 5.95. The smallest absolute Gasteiger partial charge is 0.226 e. The van der Waals surface area contributed by atoms with Gasteiger partial charge in [-0.25, -0.2) is 4.98 Å². The number of anilines is 3. The maximum absolute atomic E-state index is 11.9. The highest BCUT2D eigenvalue weighted by molar-refractivity contribution is 5.90. The summed E-state index contributed by atoms with van der Waals surface area (Å²) in [5.41, 5.74) is 7.35. The molecule has 1 amide bonds. The number of amides is 1. The van der Waals surface area contributed by atoms with Crippen molar-refractivity contribution in [3.8, 4) is 0 Å². The van der Waals surface area contributed by atoms with Crippen LogP contribution in [0.15, 0.2) is 36.4 Å². The predicted octanol–water partition coefficient (Wildman–Crippen LogP) is 1.74. The number of nitrogen functional groups attached to an aromatic ring is 1. The van der Waals surface area contributed by atoms with Crippen LogP contribution in [0.4, 0.5) is 17.5 Å². The van der Waals surface area contributed by atoms with Crippen LogP contribution in [-0.2, 0) is 4.79 Å². The number of carbonyl (C=O) groups is 1. The molecule has 1 aromatic carbocycles. The van der Waals surface area contributed by atoms with Crippen molar-refractivity contribution in [3.05, 3.63) is 42.1 Å². The summed E-state index contributed by atoms with van der Waals surface area (Å²) in [7, 11) is 0. The Labute approximate surface area is 140 Å². The van der Waals surface area contributed by atoms with Crippen molar-refractivity contribution >= 4 is 23.4 Å². The molecule has 7 heteroatoms. The minimum absolute atomic E-state index is 0.0712. The van der Waals surface area contributed by atoms with Crippen molar-refractivity contribution in [1.82, 2.24) is 9.97 Å². The van der Waals surface area contributed by atoms with Gasteiger partial charge < -0.3 is 21.5 Å². The van der Waals surface area contributed by atoms with Gasteiger partial charge in [0.15, 0.2) is 0 Å². The van der Waals surface area contributed by atoms with Gasteiger partial charge in [-0.3, -0.25) is 4.79 Å². The molecule has 0 atom stereocenters. The van der Waals surface area contributed by atoms with Gasteiger partial charge >= 0.3 is 0 Å². The molecule has 1 heterocycles. The lowest BCUT2D eigenvalue weighted by atomic mass is 9.80. The monoisotopic (exact) mass is 327 g/mol. The molecule has 1 aliphatic rings. The first kappa shape index (κ1) is 16.2. The van der Waals surface area contributed by atoms with Crippen LogP contribution in [-0.4, -0.2) is 33.6 Å². The summed E-state index contributed by atoms with van der Waals surface area (Å²) in [6.07, 6.45) is 1.48. The lowest BCUT2D eigenvalue weighted by Crippen LogP contribution is -2.27. The van der Waals surface area contributed by atoms with E-state index in [-0.39, 0.29) is 23.9 Å². The van der Waals surface area contributed by atoms with E-state index in [9.17, 15) is 9.90 Å². The van der Waals surface area contributed by atoms with E-state index in [0.29, 0.717) is 31.6 Å². The molecule has 1 aliphatic carbocycles. The van der Waals surface area contributed by atoms with Crippen LogP contribution in [0.25, 0.3) is 0 Å². The van der Waals surface area contributed by atoms with Gasteiger partial charge in [-0.2, -0.15) is 4.98 Å². The number of carbonyl (C=O) groups excluding carboxylic acids is 1. The number of nitrogens with zero attached hydrogens (tertiary/aromatic N) is 2. The van der Waals surface area contributed by atoms with Gasteiger partial charge in [-0.15, -0.1) is 0 Å². The highest BCUT2D eigenvalue weighted by atomic mass is 16.3. The van der Waals surface area contributed by atoms with E-state index in [1.165, 1.54) is 0 Å². The first-order valence-corrected chi connectivity index (χ1v) is 8.01. The average molecular weight is 327 g/mol. The number of benzene rings is 1. The fraction of sp³-hybridized carbons (Fsp3) is 0.353. The van der Waals surface area contributed by atoms with E-state index in [4.69, 9.17) is 5.73 Å². The van der Waals surface area contributed by atoms with E-state index in [1.54, 1.807) is 0 Å². The SMILES string of the molecule is Nc1nc(NCCC(=O)Nc2ccccc2)cc(C2CC(O)C2)n1. The Kier molecular flexibility index (Phi) is 4.90. The third kappa shape index (κ3) is 4.20. The summed E-state index contributed by atoms with van der Waals surface area (Å²) in [5.74, 6) is 0.960. The molecular weight excluding hydrogens is 306 g/mol. The van der Waals surface area contributed by atoms with Crippen LogP contribution in [0.5, 0.6) is 0 Å². The van der Waals surface area contributed by atoms with E-state index in [0.717, 1.165) is 11.4 Å². The molecule has 1 aromatic heterocycles. The fourth-order valence-electron chi connectivity index (χ4n) is 2.66. The quantitative estimate of drug-likeness (QED) is 0.643. The highest BCUT2D eigenvalue weighted by Crippen LogP contribution is 2.36. The maximum atomic E-state index is 11.9. The molecule has 0 unspecified atom stereocenters. The topological polar surface area (TPSA) is 113 Å². The van der Waals surface area contributed by atoms with E-state index in [2.05, 4.69) is 20.6 Å². The number of para-hydroxylation sites is 1. The Morgan fingerprint density at radius 1 is 1.25 bits per heavy atom. The zero-order valence-corrected chi connectivity index (χ0v) is 13.3. The lowest BCUT2D eigenvalue weighted by molar-refractivity contribution is -0.115. The predicted molar refractivity (Wildman–Crippen MR) is 92.6 cm³/mol. The number of nitrogens with one attached hydrogen (secondary N) is 2. The van der Waals surface area contributed by atoms with E-state index < -0.39 is 0 Å². The third-order valence-corrected chi connectivity index (χ3v) is 4.01. The number of hydrogen-bond acceptors (Lipinski definition) is 6. The van der Waals surface area contributed by atoms with Crippen molar-refractivity contribution < 1.29 is 9.90 Å². The molecule has 0 spiro atoms. The number of nitrogens with two attached hydrogens (primary N) is 1. The van der Waals surface area contributed by atoms with Gasteiger partial charge in [0.05, 0.1) is 11.8 Å². The first-order valence-electron chi connectivity index (χ1n) is 8.01. The third-order valence-electron chi connectivity index (χ3n) is 4.01. The molecule has 0 aliphatic heterocycles. The molecule has 5 N–H and O–H groups in total. The molecule has 3 rings (SSSR count). The maximum Gasteiger partial charge on any atom is 0.226 e. The Morgan fingerprint density at radius 3 is 2.71 bits per heavy atom. The van der Waals surface area contributed by atoms with Gasteiger partial charge in [-0.05, 0) is 25.0 Å². The number of aliphatic hydroxyl groups excluding tert-OH is 1. The van der Waals surface area contributed by atoms with Gasteiger partial charge in [0.2, 0.25) is 11.9 Å². The molecular formula is C17H21N5O2. The van der Waals surface area contributed by atoms with Crippen LogP contribution in [0.2, 0.25) is 0 Å². The molecule has 1 fully saturated rings. The zero-order chi connectivity index (χ0) is 16.9. The van der Waals surface area contributed by atoms with Gasteiger partial charge in [0.1, 0.15) is 5.82 Å². The van der Waals surface area contributed by atoms with Gasteiger partial charge in [0.25, 0.3) is 0 Å². The molecule has 1 saturated carbocycles. The largest absolute Gasteiger partial charge is 0.393 e. The average Bonchev–Trinajstić information content (AvgIpc) is 2.52. The minimum atomic E-state index is -0.246. The van der Waals surface area contributed by atoms with Crippen LogP contribution >= 0.6 is 0 Å². The fourth-order valence-corrected chi connectivity index (χ4v) is 2.66. The molecule has 0 bridgehead atoms. The van der Waals surface area contributed by atoms with Crippen LogP contribution in [0.1, 0.15) is 30.9 Å². The lowest BCUT2D eigenvalue weighted by Gasteiger charge is -2.30. The van der Waals surface area contributed by atoms with Crippen LogP contribution < -0.4 is 16.4 Å². The molecule has 0 radical (unpaired) electrons. The zero-order valence-electron chi connectivity index (χ0n) is 13.3. The summed E-state index contributed by atoms with van der Waals surface area (Å²) in [6, 6.07) is 11.2. The summed E-state index contributed by atoms with van der Waals surface area (Å²) in [4.78, 5) is 20.3. The second kappa shape index (κ2) is 7.27. The Bertz CT molecular complexity index is 701.